The van der Waals surface area contributed by atoms with Crippen molar-refractivity contribution in [1.82, 2.24) is 10.7 Å². The standard InChI is InChI=1S/C17H17N3O2S/c21-16(22)15-8-6-14(7-9-15)12-19-20-17(23)18-11-10-13-4-2-1-3-5-13/h1-9,12H,10-11H2,(H,21,22)(H2,18,20,23)/b19-12+. The second-order valence-electron chi connectivity index (χ2n) is 4.79. The van der Waals surface area contributed by atoms with Gasteiger partial charge in [0.25, 0.3) is 0 Å². The van der Waals surface area contributed by atoms with Crippen LogP contribution in [-0.4, -0.2) is 28.9 Å². The molecule has 0 fully saturated rings. The minimum atomic E-state index is -0.949. The summed E-state index contributed by atoms with van der Waals surface area (Å²) in [6, 6.07) is 16.5. The summed E-state index contributed by atoms with van der Waals surface area (Å²) in [7, 11) is 0. The minimum absolute atomic E-state index is 0.244. The highest BCUT2D eigenvalue weighted by Gasteiger charge is 2.00. The Balaban J connectivity index is 1.72. The van der Waals surface area contributed by atoms with E-state index in [-0.39, 0.29) is 5.56 Å². The molecule has 2 aromatic carbocycles. The number of carboxylic acids is 1. The molecule has 0 amide bonds. The molecule has 5 nitrogen and oxygen atoms in total. The quantitative estimate of drug-likeness (QED) is 0.432. The van der Waals surface area contributed by atoms with E-state index in [0.717, 1.165) is 18.5 Å². The summed E-state index contributed by atoms with van der Waals surface area (Å²) in [5.41, 5.74) is 5.00. The number of aromatic carboxylic acids is 1. The zero-order valence-corrected chi connectivity index (χ0v) is 13.2. The molecule has 118 valence electrons. The van der Waals surface area contributed by atoms with Crippen LogP contribution in [0.15, 0.2) is 59.7 Å². The van der Waals surface area contributed by atoms with Crippen molar-refractivity contribution in [2.24, 2.45) is 5.10 Å². The van der Waals surface area contributed by atoms with E-state index in [1.807, 2.05) is 18.2 Å². The van der Waals surface area contributed by atoms with Crippen molar-refractivity contribution in [3.63, 3.8) is 0 Å². The SMILES string of the molecule is O=C(O)c1ccc(/C=N/NC(=S)NCCc2ccccc2)cc1. The molecule has 2 rings (SSSR count). The van der Waals surface area contributed by atoms with E-state index >= 15 is 0 Å². The molecular weight excluding hydrogens is 310 g/mol. The van der Waals surface area contributed by atoms with Gasteiger partial charge in [-0.05, 0) is 41.9 Å². The number of carboxylic acid groups (broad SMARTS) is 1. The summed E-state index contributed by atoms with van der Waals surface area (Å²) >= 11 is 5.13. The van der Waals surface area contributed by atoms with E-state index in [9.17, 15) is 4.79 Å². The van der Waals surface area contributed by atoms with Crippen molar-refractivity contribution in [1.29, 1.82) is 0 Å². The molecule has 3 N–H and O–H groups in total. The third kappa shape index (κ3) is 5.88. The van der Waals surface area contributed by atoms with Crippen LogP contribution < -0.4 is 10.7 Å². The average molecular weight is 327 g/mol. The summed E-state index contributed by atoms with van der Waals surface area (Å²) in [5.74, 6) is -0.949. The van der Waals surface area contributed by atoms with E-state index in [1.165, 1.54) is 17.7 Å². The highest BCUT2D eigenvalue weighted by molar-refractivity contribution is 7.80. The van der Waals surface area contributed by atoms with Crippen molar-refractivity contribution in [3.8, 4) is 0 Å². The summed E-state index contributed by atoms with van der Waals surface area (Å²) in [6.07, 6.45) is 2.46. The zero-order chi connectivity index (χ0) is 16.5. The van der Waals surface area contributed by atoms with Gasteiger partial charge in [-0.25, -0.2) is 4.79 Å². The smallest absolute Gasteiger partial charge is 0.335 e. The van der Waals surface area contributed by atoms with E-state index in [1.54, 1.807) is 18.3 Å². The van der Waals surface area contributed by atoms with Crippen molar-refractivity contribution in [2.45, 2.75) is 6.42 Å². The molecule has 0 atom stereocenters. The third-order valence-corrected chi connectivity index (χ3v) is 3.32. The number of hydrogen-bond acceptors (Lipinski definition) is 3. The van der Waals surface area contributed by atoms with Crippen LogP contribution in [0, 0.1) is 0 Å². The lowest BCUT2D eigenvalue weighted by molar-refractivity contribution is 0.0697. The Morgan fingerprint density at radius 1 is 1.13 bits per heavy atom. The van der Waals surface area contributed by atoms with Gasteiger partial charge < -0.3 is 10.4 Å². The van der Waals surface area contributed by atoms with Gasteiger partial charge >= 0.3 is 5.97 Å². The minimum Gasteiger partial charge on any atom is -0.478 e. The first-order valence-corrected chi connectivity index (χ1v) is 7.50. The first kappa shape index (κ1) is 16.6. The number of carbonyl (C=O) groups is 1. The maximum atomic E-state index is 10.7. The van der Waals surface area contributed by atoms with Gasteiger partial charge in [0, 0.05) is 6.54 Å². The second-order valence-corrected chi connectivity index (χ2v) is 5.20. The normalized spacial score (nSPS) is 10.4. The molecule has 2 aromatic rings. The molecule has 0 bridgehead atoms. The lowest BCUT2D eigenvalue weighted by atomic mass is 10.1. The van der Waals surface area contributed by atoms with Gasteiger partial charge in [0.1, 0.15) is 0 Å². The monoisotopic (exact) mass is 327 g/mol. The number of hydrogen-bond donors (Lipinski definition) is 3. The highest BCUT2D eigenvalue weighted by Crippen LogP contribution is 2.02. The van der Waals surface area contributed by atoms with Crippen LogP contribution in [-0.2, 0) is 6.42 Å². The van der Waals surface area contributed by atoms with E-state index in [2.05, 4.69) is 28.0 Å². The molecule has 0 heterocycles. The average Bonchev–Trinajstić information content (AvgIpc) is 2.56. The zero-order valence-electron chi connectivity index (χ0n) is 12.4. The molecule has 0 saturated heterocycles. The number of benzene rings is 2. The lowest BCUT2D eigenvalue weighted by Crippen LogP contribution is -2.33. The fourth-order valence-corrected chi connectivity index (χ4v) is 2.04. The van der Waals surface area contributed by atoms with Crippen molar-refractivity contribution in [2.75, 3.05) is 6.54 Å². The van der Waals surface area contributed by atoms with Gasteiger partial charge in [0.05, 0.1) is 11.8 Å². The molecule has 6 heteroatoms. The molecule has 0 aliphatic carbocycles. The first-order chi connectivity index (χ1) is 11.1. The van der Waals surface area contributed by atoms with E-state index < -0.39 is 5.97 Å². The molecular formula is C17H17N3O2S. The second kappa shape index (κ2) is 8.65. The van der Waals surface area contributed by atoms with Gasteiger partial charge in [-0.3, -0.25) is 5.43 Å². The van der Waals surface area contributed by atoms with Gasteiger partial charge in [-0.1, -0.05) is 42.5 Å². The predicted molar refractivity (Wildman–Crippen MR) is 94.9 cm³/mol. The number of hydrazone groups is 1. The van der Waals surface area contributed by atoms with Crippen LogP contribution in [0.5, 0.6) is 0 Å². The predicted octanol–water partition coefficient (Wildman–Crippen LogP) is 2.43. The Morgan fingerprint density at radius 3 is 2.48 bits per heavy atom. The maximum Gasteiger partial charge on any atom is 0.335 e. The highest BCUT2D eigenvalue weighted by atomic mass is 32.1. The van der Waals surface area contributed by atoms with Crippen LogP contribution in [0.1, 0.15) is 21.5 Å². The summed E-state index contributed by atoms with van der Waals surface area (Å²) < 4.78 is 0. The molecule has 0 spiro atoms. The molecule has 0 aliphatic rings. The van der Waals surface area contributed by atoms with Crippen LogP contribution >= 0.6 is 12.2 Å². The summed E-state index contributed by atoms with van der Waals surface area (Å²) in [5, 5.41) is 16.3. The fourth-order valence-electron chi connectivity index (χ4n) is 1.88. The van der Waals surface area contributed by atoms with Crippen LogP contribution in [0.2, 0.25) is 0 Å². The largest absolute Gasteiger partial charge is 0.478 e. The van der Waals surface area contributed by atoms with Gasteiger partial charge in [-0.15, -0.1) is 0 Å². The summed E-state index contributed by atoms with van der Waals surface area (Å²) in [4.78, 5) is 10.7. The van der Waals surface area contributed by atoms with Crippen molar-refractivity contribution in [3.05, 3.63) is 71.3 Å². The molecule has 0 aromatic heterocycles. The Morgan fingerprint density at radius 2 is 1.83 bits per heavy atom. The number of rotatable bonds is 6. The topological polar surface area (TPSA) is 73.7 Å². The Hall–Kier alpha value is -2.73. The molecule has 0 radical (unpaired) electrons. The lowest BCUT2D eigenvalue weighted by Gasteiger charge is -2.06. The van der Waals surface area contributed by atoms with Crippen molar-refractivity contribution >= 4 is 29.5 Å². The maximum absolute atomic E-state index is 10.7. The number of nitrogens with zero attached hydrogens (tertiary/aromatic N) is 1. The van der Waals surface area contributed by atoms with Gasteiger partial charge in [0.2, 0.25) is 0 Å². The van der Waals surface area contributed by atoms with Gasteiger partial charge in [0.15, 0.2) is 5.11 Å². The molecule has 0 aliphatic heterocycles. The van der Waals surface area contributed by atoms with E-state index in [4.69, 9.17) is 17.3 Å². The van der Waals surface area contributed by atoms with Crippen LogP contribution in [0.3, 0.4) is 0 Å². The van der Waals surface area contributed by atoms with Gasteiger partial charge in [-0.2, -0.15) is 5.10 Å². The molecule has 23 heavy (non-hydrogen) atoms. The summed E-state index contributed by atoms with van der Waals surface area (Å²) in [6.45, 7) is 0.721. The number of nitrogens with one attached hydrogen (secondary N) is 2. The fraction of sp³-hybridized carbons (Fsp3) is 0.118. The Bertz CT molecular complexity index is 685. The Labute approximate surface area is 140 Å². The van der Waals surface area contributed by atoms with Crippen molar-refractivity contribution < 1.29 is 9.90 Å². The first-order valence-electron chi connectivity index (χ1n) is 7.09. The third-order valence-electron chi connectivity index (χ3n) is 3.08. The van der Waals surface area contributed by atoms with Crippen LogP contribution in [0.4, 0.5) is 0 Å². The molecule has 0 saturated carbocycles. The van der Waals surface area contributed by atoms with Crippen LogP contribution in [0.25, 0.3) is 0 Å². The Kier molecular flexibility index (Phi) is 6.26. The van der Waals surface area contributed by atoms with E-state index in [0.29, 0.717) is 5.11 Å². The molecule has 0 unspecified atom stereocenters. The number of thiocarbonyl (C=S) groups is 1.